The summed E-state index contributed by atoms with van der Waals surface area (Å²) < 4.78 is 14.3. The molecule has 0 saturated heterocycles. The molecule has 0 aliphatic rings. The number of rotatable bonds is 12. The first-order valence-corrected chi connectivity index (χ1v) is 13.5. The van der Waals surface area contributed by atoms with Gasteiger partial charge in [-0.05, 0) is 110 Å². The molecule has 5 aromatic rings. The van der Waals surface area contributed by atoms with E-state index in [-0.39, 0.29) is 0 Å². The summed E-state index contributed by atoms with van der Waals surface area (Å²) in [5.74, 6) is 1.79. The zero-order valence-electron chi connectivity index (χ0n) is 22.1. The second kappa shape index (κ2) is 12.8. The Hall–Kier alpha value is -4.24. The van der Waals surface area contributed by atoms with Gasteiger partial charge in [0.05, 0.1) is 12.3 Å². The number of hydrogen-bond donors (Lipinski definition) is 0. The molecule has 4 aromatic carbocycles. The molecule has 0 amide bonds. The maximum absolute atomic E-state index is 6.02. The summed E-state index contributed by atoms with van der Waals surface area (Å²) >= 11 is 0. The first-order valence-electron chi connectivity index (χ1n) is 13.5. The van der Waals surface area contributed by atoms with Crippen LogP contribution in [0.4, 0.5) is 0 Å². The van der Waals surface area contributed by atoms with Crippen LogP contribution < -0.4 is 9.47 Å². The number of hydrogen-bond acceptors (Lipinski definition) is 2. The first kappa shape index (κ1) is 25.4. The molecule has 0 radical (unpaired) electrons. The van der Waals surface area contributed by atoms with E-state index in [9.17, 15) is 0 Å². The molecule has 1 aromatic heterocycles. The third kappa shape index (κ3) is 6.74. The molecule has 0 bridgehead atoms. The van der Waals surface area contributed by atoms with Crippen molar-refractivity contribution in [1.82, 2.24) is 4.57 Å². The fourth-order valence-electron chi connectivity index (χ4n) is 4.70. The van der Waals surface area contributed by atoms with E-state index in [4.69, 9.17) is 9.47 Å². The van der Waals surface area contributed by atoms with Crippen molar-refractivity contribution in [2.75, 3.05) is 6.61 Å². The summed E-state index contributed by atoms with van der Waals surface area (Å²) in [5, 5.41) is 0. The summed E-state index contributed by atoms with van der Waals surface area (Å²) in [6.45, 7) is 3.46. The van der Waals surface area contributed by atoms with Gasteiger partial charge in [-0.15, -0.1) is 0 Å². The quantitative estimate of drug-likeness (QED) is 0.159. The Bertz CT molecular complexity index is 1390. The molecule has 1 heterocycles. The third-order valence-corrected chi connectivity index (χ3v) is 6.79. The van der Waals surface area contributed by atoms with E-state index in [0.29, 0.717) is 6.61 Å². The van der Waals surface area contributed by atoms with Crippen LogP contribution in [-0.2, 0) is 13.0 Å². The second-order valence-corrected chi connectivity index (χ2v) is 9.63. The number of aromatic nitrogens is 1. The van der Waals surface area contributed by atoms with Gasteiger partial charge in [-0.1, -0.05) is 60.7 Å². The van der Waals surface area contributed by atoms with E-state index in [0.717, 1.165) is 53.5 Å². The van der Waals surface area contributed by atoms with Gasteiger partial charge in [0.2, 0.25) is 0 Å². The van der Waals surface area contributed by atoms with Crippen molar-refractivity contribution in [3.63, 3.8) is 0 Å². The molecule has 0 unspecified atom stereocenters. The minimum Gasteiger partial charge on any atom is -0.494 e. The normalized spacial score (nSPS) is 10.9. The van der Waals surface area contributed by atoms with Crippen LogP contribution in [0.3, 0.4) is 0 Å². The van der Waals surface area contributed by atoms with Crippen LogP contribution in [0.25, 0.3) is 16.9 Å². The summed E-state index contributed by atoms with van der Waals surface area (Å²) in [7, 11) is 0. The van der Waals surface area contributed by atoms with Gasteiger partial charge in [-0.2, -0.15) is 0 Å². The highest BCUT2D eigenvalue weighted by atomic mass is 16.5. The number of nitrogens with zero attached hydrogens (tertiary/aromatic N) is 1. The molecule has 0 atom stereocenters. The number of ether oxygens (including phenoxy) is 2. The lowest BCUT2D eigenvalue weighted by molar-refractivity contribution is 0.305. The first-order chi connectivity index (χ1) is 18.8. The standard InChI is InChI=1S/C35H35NO2/c1-28-16-25-35(31-17-21-34(22-18-31)38-27-30-14-7-3-8-15-30)36(28)32-19-23-33(24-20-32)37-26-10-4-9-13-29-11-5-2-6-12-29/h2-3,5-8,11-12,14-25H,4,9-10,13,26-27H2,1H3. The Kier molecular flexibility index (Phi) is 8.58. The minimum absolute atomic E-state index is 0.567. The Morgan fingerprint density at radius 1 is 0.553 bits per heavy atom. The van der Waals surface area contributed by atoms with Gasteiger partial charge in [-0.3, -0.25) is 0 Å². The van der Waals surface area contributed by atoms with E-state index in [1.54, 1.807) is 0 Å². The summed E-state index contributed by atoms with van der Waals surface area (Å²) in [4.78, 5) is 0. The van der Waals surface area contributed by atoms with Gasteiger partial charge < -0.3 is 14.0 Å². The van der Waals surface area contributed by atoms with Gasteiger partial charge in [0.1, 0.15) is 18.1 Å². The van der Waals surface area contributed by atoms with Crippen LogP contribution in [0.2, 0.25) is 0 Å². The fraction of sp³-hybridized carbons (Fsp3) is 0.200. The molecule has 0 spiro atoms. The predicted molar refractivity (Wildman–Crippen MR) is 156 cm³/mol. The zero-order chi connectivity index (χ0) is 26.0. The van der Waals surface area contributed by atoms with Crippen LogP contribution in [0.5, 0.6) is 11.5 Å². The zero-order valence-corrected chi connectivity index (χ0v) is 22.1. The van der Waals surface area contributed by atoms with E-state index >= 15 is 0 Å². The lowest BCUT2D eigenvalue weighted by Crippen LogP contribution is -2.01. The Balaban J connectivity index is 1.15. The second-order valence-electron chi connectivity index (χ2n) is 9.63. The van der Waals surface area contributed by atoms with Crippen molar-refractivity contribution in [2.45, 2.75) is 39.2 Å². The van der Waals surface area contributed by atoms with Crippen LogP contribution in [0.1, 0.15) is 36.1 Å². The van der Waals surface area contributed by atoms with Crippen LogP contribution in [0, 0.1) is 6.92 Å². The van der Waals surface area contributed by atoms with Crippen molar-refractivity contribution < 1.29 is 9.47 Å². The molecule has 3 nitrogen and oxygen atoms in total. The van der Waals surface area contributed by atoms with Gasteiger partial charge in [0.15, 0.2) is 0 Å². The van der Waals surface area contributed by atoms with Crippen molar-refractivity contribution >= 4 is 0 Å². The molecular formula is C35H35NO2. The largest absolute Gasteiger partial charge is 0.494 e. The average molecular weight is 502 g/mol. The average Bonchev–Trinajstić information content (AvgIpc) is 3.36. The predicted octanol–water partition coefficient (Wildman–Crippen LogP) is 8.82. The van der Waals surface area contributed by atoms with Gasteiger partial charge in [0, 0.05) is 11.4 Å². The molecule has 0 fully saturated rings. The maximum Gasteiger partial charge on any atom is 0.119 e. The van der Waals surface area contributed by atoms with Crippen molar-refractivity contribution in [3.8, 4) is 28.4 Å². The molecule has 38 heavy (non-hydrogen) atoms. The highest BCUT2D eigenvalue weighted by Crippen LogP contribution is 2.29. The van der Waals surface area contributed by atoms with Crippen LogP contribution in [0.15, 0.2) is 121 Å². The molecule has 3 heteroatoms. The highest BCUT2D eigenvalue weighted by Gasteiger charge is 2.10. The SMILES string of the molecule is Cc1ccc(-c2ccc(OCc3ccccc3)cc2)n1-c1ccc(OCCCCCc2ccccc2)cc1. The Labute approximate surface area is 226 Å². The summed E-state index contributed by atoms with van der Waals surface area (Å²) in [6, 6.07) is 42.0. The topological polar surface area (TPSA) is 23.4 Å². The Morgan fingerprint density at radius 2 is 1.18 bits per heavy atom. The molecule has 5 rings (SSSR count). The highest BCUT2D eigenvalue weighted by molar-refractivity contribution is 5.65. The van der Waals surface area contributed by atoms with Crippen LogP contribution >= 0.6 is 0 Å². The minimum atomic E-state index is 0.567. The van der Waals surface area contributed by atoms with Crippen LogP contribution in [-0.4, -0.2) is 11.2 Å². The van der Waals surface area contributed by atoms with E-state index in [2.05, 4.69) is 102 Å². The molecule has 192 valence electrons. The summed E-state index contributed by atoms with van der Waals surface area (Å²) in [5.41, 5.74) is 7.20. The molecule has 0 aliphatic carbocycles. The number of aryl methyl sites for hydroxylation is 2. The van der Waals surface area contributed by atoms with Gasteiger partial charge in [0.25, 0.3) is 0 Å². The third-order valence-electron chi connectivity index (χ3n) is 6.79. The number of benzene rings is 4. The van der Waals surface area contributed by atoms with Gasteiger partial charge in [-0.25, -0.2) is 0 Å². The van der Waals surface area contributed by atoms with Crippen molar-refractivity contribution in [1.29, 1.82) is 0 Å². The molecule has 0 N–H and O–H groups in total. The van der Waals surface area contributed by atoms with Crippen molar-refractivity contribution in [3.05, 3.63) is 138 Å². The lowest BCUT2D eigenvalue weighted by atomic mass is 10.1. The Morgan fingerprint density at radius 3 is 1.89 bits per heavy atom. The molecule has 0 aliphatic heterocycles. The maximum atomic E-state index is 6.02. The smallest absolute Gasteiger partial charge is 0.119 e. The van der Waals surface area contributed by atoms with Gasteiger partial charge >= 0.3 is 0 Å². The molecular weight excluding hydrogens is 466 g/mol. The van der Waals surface area contributed by atoms with E-state index in [1.165, 1.54) is 24.1 Å². The van der Waals surface area contributed by atoms with Crippen molar-refractivity contribution in [2.24, 2.45) is 0 Å². The summed E-state index contributed by atoms with van der Waals surface area (Å²) in [6.07, 6.45) is 4.58. The number of unbranched alkanes of at least 4 members (excludes halogenated alkanes) is 2. The monoisotopic (exact) mass is 501 g/mol. The fourth-order valence-corrected chi connectivity index (χ4v) is 4.70. The molecule has 0 saturated carbocycles. The lowest BCUT2D eigenvalue weighted by Gasteiger charge is -2.14. The van der Waals surface area contributed by atoms with E-state index < -0.39 is 0 Å². The van der Waals surface area contributed by atoms with E-state index in [1.807, 2.05) is 30.3 Å².